The molecule has 0 amide bonds. The lowest BCUT2D eigenvalue weighted by Gasteiger charge is -2.32. The van der Waals surface area contributed by atoms with E-state index >= 15 is 0 Å². The molecule has 108 valence electrons. The lowest BCUT2D eigenvalue weighted by atomic mass is 9.96. The van der Waals surface area contributed by atoms with E-state index in [-0.39, 0.29) is 0 Å². The second kappa shape index (κ2) is 6.42. The molecule has 1 atom stereocenters. The van der Waals surface area contributed by atoms with Crippen molar-refractivity contribution in [3.8, 4) is 0 Å². The summed E-state index contributed by atoms with van der Waals surface area (Å²) >= 11 is 6.05. The highest BCUT2D eigenvalue weighted by Crippen LogP contribution is 2.26. The van der Waals surface area contributed by atoms with E-state index in [0.717, 1.165) is 37.1 Å². The maximum atomic E-state index is 8.42. The Kier molecular flexibility index (Phi) is 4.84. The van der Waals surface area contributed by atoms with Gasteiger partial charge >= 0.3 is 0 Å². The topological polar surface area (TPSA) is 53.1 Å². The lowest BCUT2D eigenvalue weighted by Crippen LogP contribution is -2.38. The Morgan fingerprint density at radius 3 is 2.95 bits per heavy atom. The Labute approximate surface area is 125 Å². The molecule has 0 aromatic heterocycles. The number of benzene rings is 1. The van der Waals surface area contributed by atoms with E-state index in [4.69, 9.17) is 22.7 Å². The first-order valence-corrected chi connectivity index (χ1v) is 7.48. The zero-order valence-electron chi connectivity index (χ0n) is 12.1. The van der Waals surface area contributed by atoms with Crippen molar-refractivity contribution in [2.75, 3.05) is 18.8 Å². The summed E-state index contributed by atoms with van der Waals surface area (Å²) < 4.78 is 0. The van der Waals surface area contributed by atoms with Crippen LogP contribution in [0.2, 0.25) is 5.02 Å². The van der Waals surface area contributed by atoms with E-state index in [1.54, 1.807) is 6.07 Å². The third-order valence-corrected chi connectivity index (χ3v) is 4.37. The molecule has 1 aliphatic heterocycles. The molecule has 0 saturated heterocycles. The van der Waals surface area contributed by atoms with Gasteiger partial charge in [0, 0.05) is 24.7 Å². The van der Waals surface area contributed by atoms with Gasteiger partial charge in [-0.3, -0.25) is 10.3 Å². The Bertz CT molecular complexity index is 537. The summed E-state index contributed by atoms with van der Waals surface area (Å²) in [5.41, 5.74) is 8.77. The fourth-order valence-electron chi connectivity index (χ4n) is 2.51. The highest BCUT2D eigenvalue weighted by atomic mass is 35.5. The van der Waals surface area contributed by atoms with E-state index in [2.05, 4.69) is 24.8 Å². The van der Waals surface area contributed by atoms with E-state index in [0.29, 0.717) is 22.5 Å². The SMILES string of the molecule is CCC(C)N1CCC=C(C(=N)c2cccc(Cl)c2N)C1. The molecule has 0 fully saturated rings. The molecule has 2 rings (SSSR count). The number of halogens is 1. The van der Waals surface area contributed by atoms with Gasteiger partial charge in [0.05, 0.1) is 16.4 Å². The summed E-state index contributed by atoms with van der Waals surface area (Å²) in [5.74, 6) is 0. The number of nitrogens with zero attached hydrogens (tertiary/aromatic N) is 1. The molecule has 0 aliphatic carbocycles. The van der Waals surface area contributed by atoms with Crippen LogP contribution in [0.25, 0.3) is 0 Å². The van der Waals surface area contributed by atoms with Crippen molar-refractivity contribution in [3.05, 3.63) is 40.4 Å². The van der Waals surface area contributed by atoms with E-state index in [9.17, 15) is 0 Å². The summed E-state index contributed by atoms with van der Waals surface area (Å²) in [6.07, 6.45) is 4.27. The lowest BCUT2D eigenvalue weighted by molar-refractivity contribution is 0.220. The first kappa shape index (κ1) is 15.1. The smallest absolute Gasteiger partial charge is 0.0675 e. The predicted octanol–water partition coefficient (Wildman–Crippen LogP) is 3.72. The highest BCUT2D eigenvalue weighted by Gasteiger charge is 2.21. The van der Waals surface area contributed by atoms with Gasteiger partial charge in [0.1, 0.15) is 0 Å². The van der Waals surface area contributed by atoms with Crippen LogP contribution < -0.4 is 5.73 Å². The summed E-state index contributed by atoms with van der Waals surface area (Å²) in [5, 5.41) is 8.93. The molecule has 0 spiro atoms. The fraction of sp³-hybridized carbons (Fsp3) is 0.438. The van der Waals surface area contributed by atoms with E-state index in [1.807, 2.05) is 12.1 Å². The molecule has 20 heavy (non-hydrogen) atoms. The van der Waals surface area contributed by atoms with Gasteiger partial charge in [-0.05, 0) is 31.4 Å². The standard InChI is InChI=1S/C16H22ClN3/c1-3-11(2)20-9-5-6-12(10-20)15(18)13-7-4-8-14(17)16(13)19/h4,6-8,11,18H,3,5,9-10,19H2,1-2H3. The van der Waals surface area contributed by atoms with Crippen LogP contribution in [0, 0.1) is 5.41 Å². The highest BCUT2D eigenvalue weighted by molar-refractivity contribution is 6.34. The van der Waals surface area contributed by atoms with Crippen LogP contribution in [-0.4, -0.2) is 29.7 Å². The van der Waals surface area contributed by atoms with Gasteiger partial charge in [-0.15, -0.1) is 0 Å². The molecular weight excluding hydrogens is 270 g/mol. The summed E-state index contributed by atoms with van der Waals surface area (Å²) in [6.45, 7) is 6.32. The molecular formula is C16H22ClN3. The Hall–Kier alpha value is -1.32. The van der Waals surface area contributed by atoms with E-state index < -0.39 is 0 Å². The van der Waals surface area contributed by atoms with Gasteiger partial charge in [-0.1, -0.05) is 36.7 Å². The van der Waals surface area contributed by atoms with Crippen LogP contribution in [0.15, 0.2) is 29.8 Å². The summed E-state index contributed by atoms with van der Waals surface area (Å²) in [4.78, 5) is 2.42. The van der Waals surface area contributed by atoms with Gasteiger partial charge in [0.2, 0.25) is 0 Å². The van der Waals surface area contributed by atoms with Crippen molar-refractivity contribution in [3.63, 3.8) is 0 Å². The second-order valence-electron chi connectivity index (χ2n) is 5.32. The summed E-state index contributed by atoms with van der Waals surface area (Å²) in [7, 11) is 0. The molecule has 4 heteroatoms. The van der Waals surface area contributed by atoms with Gasteiger partial charge in [-0.25, -0.2) is 0 Å². The van der Waals surface area contributed by atoms with Crippen molar-refractivity contribution in [1.29, 1.82) is 5.41 Å². The number of anilines is 1. The first-order valence-electron chi connectivity index (χ1n) is 7.11. The van der Waals surface area contributed by atoms with Gasteiger partial charge in [0.25, 0.3) is 0 Å². The Balaban J connectivity index is 2.21. The minimum absolute atomic E-state index is 0.498. The Morgan fingerprint density at radius 1 is 1.50 bits per heavy atom. The molecule has 3 nitrogen and oxygen atoms in total. The average Bonchev–Trinajstić information content (AvgIpc) is 2.48. The average molecular weight is 292 g/mol. The van der Waals surface area contributed by atoms with Crippen LogP contribution in [0.1, 0.15) is 32.3 Å². The minimum atomic E-state index is 0.498. The Morgan fingerprint density at radius 2 is 2.25 bits per heavy atom. The normalized spacial score (nSPS) is 17.6. The number of nitrogens with one attached hydrogen (secondary N) is 1. The van der Waals surface area contributed by atoms with E-state index in [1.165, 1.54) is 0 Å². The molecule has 0 saturated carbocycles. The molecule has 0 bridgehead atoms. The minimum Gasteiger partial charge on any atom is -0.397 e. The molecule has 1 aliphatic rings. The van der Waals surface area contributed by atoms with Crippen molar-refractivity contribution in [2.24, 2.45) is 0 Å². The fourth-order valence-corrected chi connectivity index (χ4v) is 2.69. The van der Waals surface area contributed by atoms with Crippen molar-refractivity contribution in [1.82, 2.24) is 4.90 Å². The van der Waals surface area contributed by atoms with Crippen molar-refractivity contribution >= 4 is 23.0 Å². The van der Waals surface area contributed by atoms with Crippen LogP contribution in [0.4, 0.5) is 5.69 Å². The molecule has 1 aromatic rings. The zero-order valence-corrected chi connectivity index (χ0v) is 12.9. The second-order valence-corrected chi connectivity index (χ2v) is 5.73. The number of rotatable bonds is 4. The molecule has 1 heterocycles. The summed E-state index contributed by atoms with van der Waals surface area (Å²) in [6, 6.07) is 6.02. The third-order valence-electron chi connectivity index (χ3n) is 4.04. The monoisotopic (exact) mass is 291 g/mol. The maximum absolute atomic E-state index is 8.42. The van der Waals surface area contributed by atoms with Gasteiger partial charge in [0.15, 0.2) is 0 Å². The number of hydrogen-bond donors (Lipinski definition) is 2. The molecule has 1 unspecified atom stereocenters. The first-order chi connectivity index (χ1) is 9.54. The van der Waals surface area contributed by atoms with Gasteiger partial charge < -0.3 is 5.73 Å². The van der Waals surface area contributed by atoms with Crippen LogP contribution in [0.3, 0.4) is 0 Å². The van der Waals surface area contributed by atoms with Crippen molar-refractivity contribution < 1.29 is 0 Å². The third kappa shape index (κ3) is 3.05. The number of hydrogen-bond acceptors (Lipinski definition) is 3. The van der Waals surface area contributed by atoms with Crippen LogP contribution in [-0.2, 0) is 0 Å². The molecule has 3 N–H and O–H groups in total. The number of nitrogen functional groups attached to an aromatic ring is 1. The quantitative estimate of drug-likeness (QED) is 0.656. The molecule has 1 aromatic carbocycles. The largest absolute Gasteiger partial charge is 0.397 e. The zero-order chi connectivity index (χ0) is 14.7. The number of nitrogens with two attached hydrogens (primary N) is 1. The molecule has 0 radical (unpaired) electrons. The number of para-hydroxylation sites is 1. The van der Waals surface area contributed by atoms with Gasteiger partial charge in [-0.2, -0.15) is 0 Å². The van der Waals surface area contributed by atoms with Crippen LogP contribution >= 0.6 is 11.6 Å². The van der Waals surface area contributed by atoms with Crippen LogP contribution in [0.5, 0.6) is 0 Å². The predicted molar refractivity (Wildman–Crippen MR) is 86.7 cm³/mol. The maximum Gasteiger partial charge on any atom is 0.0675 e. The van der Waals surface area contributed by atoms with Crippen molar-refractivity contribution in [2.45, 2.75) is 32.7 Å².